The summed E-state index contributed by atoms with van der Waals surface area (Å²) >= 11 is 0. The van der Waals surface area contributed by atoms with E-state index in [9.17, 15) is 18.0 Å². The van der Waals surface area contributed by atoms with Gasteiger partial charge in [-0.2, -0.15) is 13.2 Å². The van der Waals surface area contributed by atoms with Gasteiger partial charge in [0, 0.05) is 13.1 Å². The number of rotatable bonds is 2. The predicted molar refractivity (Wildman–Crippen MR) is 87.9 cm³/mol. The summed E-state index contributed by atoms with van der Waals surface area (Å²) in [6, 6.07) is 3.76. The summed E-state index contributed by atoms with van der Waals surface area (Å²) in [7, 11) is 0. The van der Waals surface area contributed by atoms with Gasteiger partial charge in [0.25, 0.3) is 0 Å². The number of carbonyl (C=O) groups is 1. The molecule has 0 spiro atoms. The van der Waals surface area contributed by atoms with Crippen molar-refractivity contribution in [2.45, 2.75) is 38.3 Å². The number of nitrogens with one attached hydrogen (secondary N) is 1. The molecule has 3 heterocycles. The lowest BCUT2D eigenvalue weighted by Gasteiger charge is -2.31. The Labute approximate surface area is 145 Å². The number of alkyl halides is 3. The second kappa shape index (κ2) is 6.59. The lowest BCUT2D eigenvalue weighted by molar-refractivity contribution is -0.142. The van der Waals surface area contributed by atoms with E-state index in [0.717, 1.165) is 32.0 Å². The number of hydrogen-bond donors (Lipinski definition) is 1. The van der Waals surface area contributed by atoms with E-state index in [-0.39, 0.29) is 11.6 Å². The number of aromatic nitrogens is 1. The van der Waals surface area contributed by atoms with Crippen LogP contribution in [0.3, 0.4) is 0 Å². The van der Waals surface area contributed by atoms with Crippen LogP contribution < -0.4 is 5.32 Å². The topological polar surface area (TPSA) is 45.2 Å². The molecule has 0 radical (unpaired) electrons. The zero-order chi connectivity index (χ0) is 18.2. The van der Waals surface area contributed by atoms with Crippen molar-refractivity contribution in [3.8, 4) is 0 Å². The number of nitrogens with zero attached hydrogens (tertiary/aromatic N) is 2. The second-order valence-electron chi connectivity index (χ2n) is 7.58. The summed E-state index contributed by atoms with van der Waals surface area (Å²) < 4.78 is 38.8. The van der Waals surface area contributed by atoms with Gasteiger partial charge >= 0.3 is 6.18 Å². The molecule has 1 N–H and O–H groups in total. The molecule has 0 bridgehead atoms. The number of halogens is 3. The van der Waals surface area contributed by atoms with Crippen molar-refractivity contribution in [3.05, 3.63) is 29.6 Å². The molecular weight excluding hydrogens is 331 g/mol. The molecule has 0 saturated carbocycles. The van der Waals surface area contributed by atoms with Gasteiger partial charge < -0.3 is 10.2 Å². The minimum atomic E-state index is -4.51. The van der Waals surface area contributed by atoms with E-state index in [0.29, 0.717) is 24.9 Å². The molecule has 25 heavy (non-hydrogen) atoms. The zero-order valence-electron chi connectivity index (χ0n) is 14.6. The van der Waals surface area contributed by atoms with Crippen molar-refractivity contribution in [3.63, 3.8) is 0 Å². The highest BCUT2D eigenvalue weighted by Gasteiger charge is 2.40. The second-order valence-corrected chi connectivity index (χ2v) is 7.58. The van der Waals surface area contributed by atoms with Crippen molar-refractivity contribution in [1.82, 2.24) is 15.2 Å². The van der Waals surface area contributed by atoms with Gasteiger partial charge in [-0.25, -0.2) is 4.98 Å². The summed E-state index contributed by atoms with van der Waals surface area (Å²) in [5.74, 6) is 1.03. The number of likely N-dealkylation sites (tertiary alicyclic amines) is 1. The van der Waals surface area contributed by atoms with Crippen LogP contribution in [0.2, 0.25) is 0 Å². The molecule has 0 unspecified atom stereocenters. The van der Waals surface area contributed by atoms with E-state index >= 15 is 0 Å². The molecule has 3 rings (SSSR count). The van der Waals surface area contributed by atoms with Crippen molar-refractivity contribution < 1.29 is 18.0 Å². The van der Waals surface area contributed by atoms with Crippen LogP contribution in [0.25, 0.3) is 0 Å². The Balaban J connectivity index is 1.78. The van der Waals surface area contributed by atoms with Gasteiger partial charge in [0.1, 0.15) is 5.69 Å². The Bertz CT molecular complexity index is 631. The van der Waals surface area contributed by atoms with Crippen LogP contribution in [0.15, 0.2) is 18.2 Å². The lowest BCUT2D eigenvalue weighted by Crippen LogP contribution is -2.44. The Morgan fingerprint density at radius 2 is 1.68 bits per heavy atom. The first kappa shape index (κ1) is 18.2. The summed E-state index contributed by atoms with van der Waals surface area (Å²) in [6.45, 7) is 6.61. The van der Waals surface area contributed by atoms with E-state index < -0.39 is 17.3 Å². The van der Waals surface area contributed by atoms with Crippen LogP contribution in [-0.2, 0) is 16.4 Å². The quantitative estimate of drug-likeness (QED) is 0.887. The maximum absolute atomic E-state index is 13.0. The van der Waals surface area contributed by atoms with E-state index in [1.165, 1.54) is 12.1 Å². The van der Waals surface area contributed by atoms with Crippen molar-refractivity contribution in [1.29, 1.82) is 0 Å². The van der Waals surface area contributed by atoms with Crippen LogP contribution in [0.4, 0.5) is 13.2 Å². The lowest BCUT2D eigenvalue weighted by atomic mass is 9.86. The van der Waals surface area contributed by atoms with E-state index in [1.54, 1.807) is 18.7 Å². The minimum absolute atomic E-state index is 0.146. The third kappa shape index (κ3) is 3.66. The minimum Gasteiger partial charge on any atom is -0.342 e. The van der Waals surface area contributed by atoms with Gasteiger partial charge in [-0.15, -0.1) is 0 Å². The Hall–Kier alpha value is -1.63. The zero-order valence-corrected chi connectivity index (χ0v) is 14.6. The van der Waals surface area contributed by atoms with Crippen LogP contribution in [0.1, 0.15) is 38.1 Å². The Kier molecular flexibility index (Phi) is 4.79. The highest BCUT2D eigenvalue weighted by atomic mass is 19.4. The standard InChI is InChI=1S/C18H24F3N3O/c1-17(2,14-4-3-5-15(23-14)18(19,20)21)16(25)24-8-6-12-10-22-11-13(12)7-9-24/h3-5,12-13,22H,6-11H2,1-2H3/t12-,13+. The van der Waals surface area contributed by atoms with Crippen LogP contribution in [0, 0.1) is 11.8 Å². The highest BCUT2D eigenvalue weighted by Crippen LogP contribution is 2.33. The third-order valence-corrected chi connectivity index (χ3v) is 5.52. The summed E-state index contributed by atoms with van der Waals surface area (Å²) in [5, 5.41) is 3.39. The van der Waals surface area contributed by atoms with Gasteiger partial charge in [0.05, 0.1) is 11.1 Å². The largest absolute Gasteiger partial charge is 0.433 e. The van der Waals surface area contributed by atoms with Crippen molar-refractivity contribution in [2.75, 3.05) is 26.2 Å². The fraction of sp³-hybridized carbons (Fsp3) is 0.667. The predicted octanol–water partition coefficient (Wildman–Crippen LogP) is 2.84. The maximum Gasteiger partial charge on any atom is 0.433 e. The maximum atomic E-state index is 13.0. The smallest absolute Gasteiger partial charge is 0.342 e. The first-order valence-corrected chi connectivity index (χ1v) is 8.74. The van der Waals surface area contributed by atoms with Gasteiger partial charge in [0.15, 0.2) is 0 Å². The molecule has 2 aliphatic rings. The van der Waals surface area contributed by atoms with E-state index in [1.807, 2.05) is 0 Å². The summed E-state index contributed by atoms with van der Waals surface area (Å²) in [4.78, 5) is 18.6. The van der Waals surface area contributed by atoms with Crippen molar-refractivity contribution in [2.24, 2.45) is 11.8 Å². The van der Waals surface area contributed by atoms with Crippen LogP contribution in [0.5, 0.6) is 0 Å². The molecule has 4 nitrogen and oxygen atoms in total. The highest BCUT2D eigenvalue weighted by molar-refractivity contribution is 5.87. The molecule has 2 aliphatic heterocycles. The van der Waals surface area contributed by atoms with Gasteiger partial charge in [-0.05, 0) is 63.7 Å². The fourth-order valence-electron chi connectivity index (χ4n) is 3.87. The summed E-state index contributed by atoms with van der Waals surface area (Å²) in [6.07, 6.45) is -2.63. The molecule has 1 amide bonds. The normalized spacial score (nSPS) is 24.8. The molecule has 0 aliphatic carbocycles. The number of carbonyl (C=O) groups excluding carboxylic acids is 1. The van der Waals surface area contributed by atoms with Crippen molar-refractivity contribution >= 4 is 5.91 Å². The number of hydrogen-bond acceptors (Lipinski definition) is 3. The average molecular weight is 355 g/mol. The Morgan fingerprint density at radius 3 is 2.24 bits per heavy atom. The summed E-state index contributed by atoms with van der Waals surface area (Å²) in [5.41, 5.74) is -1.88. The number of amides is 1. The average Bonchev–Trinajstić information content (AvgIpc) is 2.92. The number of fused-ring (bicyclic) bond motifs is 1. The fourth-order valence-corrected chi connectivity index (χ4v) is 3.87. The van der Waals surface area contributed by atoms with E-state index in [2.05, 4.69) is 10.3 Å². The molecule has 0 aromatic carbocycles. The molecular formula is C18H24F3N3O. The first-order chi connectivity index (χ1) is 11.7. The van der Waals surface area contributed by atoms with Gasteiger partial charge in [-0.1, -0.05) is 6.07 Å². The molecule has 2 saturated heterocycles. The molecule has 2 atom stereocenters. The monoisotopic (exact) mass is 355 g/mol. The first-order valence-electron chi connectivity index (χ1n) is 8.74. The Morgan fingerprint density at radius 1 is 1.12 bits per heavy atom. The molecule has 2 fully saturated rings. The van der Waals surface area contributed by atoms with Crippen LogP contribution >= 0.6 is 0 Å². The number of pyridine rings is 1. The SMILES string of the molecule is CC(C)(C(=O)N1CC[C@@H]2CNC[C@@H]2CC1)c1cccc(C(F)(F)F)n1. The van der Waals surface area contributed by atoms with Gasteiger partial charge in [-0.3, -0.25) is 4.79 Å². The molecule has 1 aromatic heterocycles. The molecule has 138 valence electrons. The van der Waals surface area contributed by atoms with Crippen LogP contribution in [-0.4, -0.2) is 42.0 Å². The third-order valence-electron chi connectivity index (χ3n) is 5.52. The van der Waals surface area contributed by atoms with E-state index in [4.69, 9.17) is 0 Å². The molecule has 7 heteroatoms. The molecule has 1 aromatic rings. The van der Waals surface area contributed by atoms with Gasteiger partial charge in [0.2, 0.25) is 5.91 Å².